The van der Waals surface area contributed by atoms with Crippen molar-refractivity contribution < 1.29 is 33.4 Å². The lowest BCUT2D eigenvalue weighted by Crippen LogP contribution is -2.40. The van der Waals surface area contributed by atoms with Gasteiger partial charge in [-0.3, -0.25) is 19.1 Å². The molecule has 13 heteroatoms. The number of hydrogen-bond acceptors (Lipinski definition) is 8. The van der Waals surface area contributed by atoms with Crippen molar-refractivity contribution in [3.63, 3.8) is 0 Å². The first-order valence-corrected chi connectivity index (χ1v) is 14.8. The number of H-pyrrole nitrogens is 1. The summed E-state index contributed by atoms with van der Waals surface area (Å²) in [6.07, 6.45) is 9.16. The molecular weight excluding hydrogens is 517 g/mol. The third-order valence-corrected chi connectivity index (χ3v) is 6.94. The fourth-order valence-electron chi connectivity index (χ4n) is 4.47. The minimum atomic E-state index is -3.02. The van der Waals surface area contributed by atoms with Gasteiger partial charge in [-0.25, -0.2) is 4.79 Å². The topological polar surface area (TPSA) is 169 Å². The van der Waals surface area contributed by atoms with E-state index in [0.29, 0.717) is 19.4 Å². The predicted molar refractivity (Wildman–Crippen MR) is 141 cm³/mol. The van der Waals surface area contributed by atoms with Gasteiger partial charge in [0.15, 0.2) is 12.3 Å². The second kappa shape index (κ2) is 18.4. The summed E-state index contributed by atoms with van der Waals surface area (Å²) in [6, 6.07) is 1.14. The van der Waals surface area contributed by atoms with Crippen LogP contribution < -0.4 is 16.6 Å². The molecule has 2 unspecified atom stereocenters. The first kappa shape index (κ1) is 32.3. The van der Waals surface area contributed by atoms with E-state index in [1.54, 1.807) is 0 Å². The number of aromatic amines is 1. The summed E-state index contributed by atoms with van der Waals surface area (Å²) in [5, 5.41) is 12.6. The van der Waals surface area contributed by atoms with Crippen LogP contribution in [0.4, 0.5) is 0 Å². The number of nitrogens with one attached hydrogen (secondary N) is 2. The molecule has 5 atom stereocenters. The van der Waals surface area contributed by atoms with Crippen molar-refractivity contribution in [3.05, 3.63) is 33.1 Å². The Kier molecular flexibility index (Phi) is 15.6. The smallest absolute Gasteiger partial charge is 0.394 e. The van der Waals surface area contributed by atoms with Gasteiger partial charge >= 0.3 is 13.9 Å². The Balaban J connectivity index is 1.70. The lowest BCUT2D eigenvalue weighted by Gasteiger charge is -2.22. The molecule has 1 aliphatic heterocycles. The Bertz CT molecular complexity index is 954. The summed E-state index contributed by atoms with van der Waals surface area (Å²) < 4.78 is 29.1. The standard InChI is InChI=1S/C25H42N3O9P/c1-2-3-4-5-6-7-10-13-20(30)26-15-11-8-9-12-17-35-23-22(37-38(33)34)19(18-29)36-24(23)28-16-14-21(31)27-25(28)32/h14,16,19,22-24,29H,2-13,15,17-18H2,1H3,(H2-,26,27,30,31,32,33,34)/p+1/t19-,22+,23?,24-/m1/s1. The normalized spacial score (nSPS) is 21.5. The van der Waals surface area contributed by atoms with Crippen LogP contribution in [0.15, 0.2) is 21.9 Å². The third-order valence-electron chi connectivity index (χ3n) is 6.51. The molecule has 0 radical (unpaired) electrons. The summed E-state index contributed by atoms with van der Waals surface area (Å²) >= 11 is 0. The van der Waals surface area contributed by atoms with Gasteiger partial charge in [-0.15, -0.1) is 9.42 Å². The van der Waals surface area contributed by atoms with Crippen LogP contribution in [0.5, 0.6) is 0 Å². The van der Waals surface area contributed by atoms with Crippen LogP contribution in [0, 0.1) is 0 Å². The van der Waals surface area contributed by atoms with E-state index in [9.17, 15) is 28.9 Å². The summed E-state index contributed by atoms with van der Waals surface area (Å²) in [6.45, 7) is 2.56. The third kappa shape index (κ3) is 11.4. The zero-order valence-electron chi connectivity index (χ0n) is 22.2. The van der Waals surface area contributed by atoms with Gasteiger partial charge in [-0.1, -0.05) is 58.3 Å². The highest BCUT2D eigenvalue weighted by Gasteiger charge is 2.51. The molecule has 12 nitrogen and oxygen atoms in total. The number of hydrogen-bond donors (Lipinski definition) is 4. The number of rotatable bonds is 20. The molecule has 2 heterocycles. The van der Waals surface area contributed by atoms with E-state index in [4.69, 9.17) is 14.0 Å². The van der Waals surface area contributed by atoms with Crippen molar-refractivity contribution in [2.75, 3.05) is 19.8 Å². The number of aromatic nitrogens is 2. The first-order valence-electron chi connectivity index (χ1n) is 13.7. The Morgan fingerprint density at radius 3 is 2.45 bits per heavy atom. The number of nitrogens with zero attached hydrogens (tertiary/aromatic N) is 1. The van der Waals surface area contributed by atoms with Crippen molar-refractivity contribution in [1.29, 1.82) is 0 Å². The SMILES string of the molecule is CCCCCCCCCC(=O)NCCCCCCOC1[C@@H](O[P+](=O)O)[C@@H](CO)O[C@H]1n1ccc(=O)[nH]c1=O. The molecule has 1 saturated heterocycles. The maximum atomic E-state index is 12.3. The van der Waals surface area contributed by atoms with Gasteiger partial charge < -0.3 is 19.9 Å². The highest BCUT2D eigenvalue weighted by atomic mass is 31.1. The van der Waals surface area contributed by atoms with E-state index in [2.05, 4.69) is 17.2 Å². The largest absolute Gasteiger partial charge is 0.695 e. The van der Waals surface area contributed by atoms with Crippen LogP contribution in [0.3, 0.4) is 0 Å². The van der Waals surface area contributed by atoms with Gasteiger partial charge in [0.1, 0.15) is 12.2 Å². The number of aliphatic hydroxyl groups excluding tert-OH is 1. The van der Waals surface area contributed by atoms with Crippen molar-refractivity contribution in [2.45, 2.75) is 109 Å². The van der Waals surface area contributed by atoms with Gasteiger partial charge in [0.05, 0.1) is 6.61 Å². The zero-order valence-corrected chi connectivity index (χ0v) is 23.1. The molecule has 2 rings (SSSR count). The first-order chi connectivity index (χ1) is 18.4. The minimum Gasteiger partial charge on any atom is -0.394 e. The van der Waals surface area contributed by atoms with Crippen molar-refractivity contribution in [1.82, 2.24) is 14.9 Å². The fourth-order valence-corrected chi connectivity index (χ4v) is 4.94. The van der Waals surface area contributed by atoms with Crippen LogP contribution in [0.1, 0.15) is 90.2 Å². The van der Waals surface area contributed by atoms with Gasteiger partial charge in [-0.2, -0.15) is 0 Å². The molecule has 1 aliphatic rings. The Hall–Kier alpha value is -1.95. The van der Waals surface area contributed by atoms with Gasteiger partial charge in [0, 0.05) is 36.4 Å². The molecule has 1 fully saturated rings. The number of aliphatic hydroxyl groups is 1. The predicted octanol–water partition coefficient (Wildman–Crippen LogP) is 2.66. The second-order valence-electron chi connectivity index (χ2n) is 9.54. The molecule has 1 aromatic rings. The maximum Gasteiger partial charge on any atom is 0.695 e. The number of amides is 1. The molecule has 216 valence electrons. The van der Waals surface area contributed by atoms with Crippen LogP contribution >= 0.6 is 8.25 Å². The van der Waals surface area contributed by atoms with E-state index >= 15 is 0 Å². The van der Waals surface area contributed by atoms with E-state index in [1.165, 1.54) is 38.3 Å². The van der Waals surface area contributed by atoms with Gasteiger partial charge in [0.25, 0.3) is 5.56 Å². The van der Waals surface area contributed by atoms with Crippen LogP contribution in [0.25, 0.3) is 0 Å². The fraction of sp³-hybridized carbons (Fsp3) is 0.800. The van der Waals surface area contributed by atoms with Gasteiger partial charge in [-0.05, 0) is 19.3 Å². The molecule has 4 N–H and O–H groups in total. The van der Waals surface area contributed by atoms with E-state index in [-0.39, 0.29) is 12.5 Å². The average molecular weight is 561 g/mol. The summed E-state index contributed by atoms with van der Waals surface area (Å²) in [5.41, 5.74) is -1.32. The van der Waals surface area contributed by atoms with Crippen molar-refractivity contribution >= 4 is 14.2 Å². The highest BCUT2D eigenvalue weighted by molar-refractivity contribution is 7.32. The molecular formula is C25H43N3O9P+. The molecule has 0 spiro atoms. The minimum absolute atomic E-state index is 0.0957. The second-order valence-corrected chi connectivity index (χ2v) is 10.2. The maximum absolute atomic E-state index is 12.3. The van der Waals surface area contributed by atoms with E-state index in [1.807, 2.05) is 0 Å². The van der Waals surface area contributed by atoms with E-state index in [0.717, 1.165) is 42.7 Å². The summed E-state index contributed by atoms with van der Waals surface area (Å²) in [5.74, 6) is 0.0957. The van der Waals surface area contributed by atoms with Crippen LogP contribution in [-0.4, -0.2) is 63.5 Å². The number of unbranched alkanes of at least 4 members (excludes halogenated alkanes) is 9. The van der Waals surface area contributed by atoms with Gasteiger partial charge in [0.2, 0.25) is 5.91 Å². The quantitative estimate of drug-likeness (QED) is 0.138. The molecule has 0 aromatic carbocycles. The molecule has 1 aromatic heterocycles. The Morgan fingerprint density at radius 1 is 1.08 bits per heavy atom. The number of carbonyl (C=O) groups excluding carboxylic acids is 1. The average Bonchev–Trinajstić information content (AvgIpc) is 3.21. The monoisotopic (exact) mass is 560 g/mol. The van der Waals surface area contributed by atoms with E-state index < -0.39 is 50.7 Å². The zero-order chi connectivity index (χ0) is 27.8. The molecule has 38 heavy (non-hydrogen) atoms. The lowest BCUT2D eigenvalue weighted by molar-refractivity contribution is -0.121. The number of ether oxygens (including phenoxy) is 2. The molecule has 0 bridgehead atoms. The van der Waals surface area contributed by atoms with Crippen LogP contribution in [-0.2, 0) is 23.4 Å². The van der Waals surface area contributed by atoms with Crippen molar-refractivity contribution in [3.8, 4) is 0 Å². The summed E-state index contributed by atoms with van der Waals surface area (Å²) in [4.78, 5) is 47.1. The molecule has 0 saturated carbocycles. The Morgan fingerprint density at radius 2 is 1.76 bits per heavy atom. The highest BCUT2D eigenvalue weighted by Crippen LogP contribution is 2.37. The lowest BCUT2D eigenvalue weighted by atomic mass is 10.1. The Labute approximate surface area is 224 Å². The summed E-state index contributed by atoms with van der Waals surface area (Å²) in [7, 11) is -3.02. The molecule has 0 aliphatic carbocycles. The van der Waals surface area contributed by atoms with Crippen LogP contribution in [0.2, 0.25) is 0 Å². The number of carbonyl (C=O) groups is 1. The van der Waals surface area contributed by atoms with Crippen molar-refractivity contribution in [2.24, 2.45) is 0 Å². The molecule has 1 amide bonds.